The van der Waals surface area contributed by atoms with Gasteiger partial charge in [-0.05, 0) is 49.8 Å². The number of fused-ring (bicyclic) bond motifs is 1. The van der Waals surface area contributed by atoms with Crippen molar-refractivity contribution in [2.75, 3.05) is 4.90 Å². The molecule has 0 spiro atoms. The molecule has 0 bridgehead atoms. The van der Waals surface area contributed by atoms with Gasteiger partial charge in [0.25, 0.3) is 5.91 Å². The lowest BCUT2D eigenvalue weighted by molar-refractivity contribution is -0.132. The maximum Gasteiger partial charge on any atom is 0.295 e. The lowest BCUT2D eigenvalue weighted by atomic mass is 9.74. The predicted molar refractivity (Wildman–Crippen MR) is 109 cm³/mol. The highest BCUT2D eigenvalue weighted by Gasteiger charge is 2.53. The van der Waals surface area contributed by atoms with E-state index in [4.69, 9.17) is 4.74 Å². The number of carbonyl (C=O) groups excluding carboxylic acids is 2. The molecule has 1 aromatic heterocycles. The Morgan fingerprint density at radius 1 is 1.07 bits per heavy atom. The molecule has 0 saturated heterocycles. The van der Waals surface area contributed by atoms with E-state index in [0.717, 1.165) is 30.4 Å². The van der Waals surface area contributed by atoms with E-state index in [1.165, 1.54) is 0 Å². The molecule has 1 aliphatic carbocycles. The fourth-order valence-electron chi connectivity index (χ4n) is 4.87. The van der Waals surface area contributed by atoms with E-state index in [9.17, 15) is 9.59 Å². The highest BCUT2D eigenvalue weighted by atomic mass is 16.5. The number of nitrogens with zero attached hydrogens (tertiary/aromatic N) is 2. The number of rotatable bonds is 2. The maximum absolute atomic E-state index is 13.6. The molecule has 29 heavy (non-hydrogen) atoms. The van der Waals surface area contributed by atoms with Crippen molar-refractivity contribution in [1.29, 1.82) is 0 Å². The molecule has 1 aromatic carbocycles. The molecule has 5 nitrogen and oxygen atoms in total. The van der Waals surface area contributed by atoms with Gasteiger partial charge in [-0.3, -0.25) is 14.5 Å². The summed E-state index contributed by atoms with van der Waals surface area (Å²) < 4.78 is 6.21. The highest BCUT2D eigenvalue weighted by molar-refractivity contribution is 6.17. The van der Waals surface area contributed by atoms with Crippen LogP contribution in [-0.4, -0.2) is 22.8 Å². The van der Waals surface area contributed by atoms with E-state index in [-0.39, 0.29) is 29.5 Å². The Balaban J connectivity index is 1.64. The number of hydrogen-bond donors (Lipinski definition) is 0. The van der Waals surface area contributed by atoms with E-state index >= 15 is 0 Å². The van der Waals surface area contributed by atoms with Gasteiger partial charge in [-0.2, -0.15) is 0 Å². The molecule has 148 valence electrons. The fourth-order valence-corrected chi connectivity index (χ4v) is 4.87. The Kier molecular flexibility index (Phi) is 4.26. The van der Waals surface area contributed by atoms with Crippen molar-refractivity contribution in [2.45, 2.75) is 45.3 Å². The Hall–Kier alpha value is -2.95. The zero-order valence-electron chi connectivity index (χ0n) is 16.7. The van der Waals surface area contributed by atoms with Gasteiger partial charge in [0.15, 0.2) is 11.5 Å². The average Bonchev–Trinajstić information content (AvgIpc) is 3.03. The van der Waals surface area contributed by atoms with Gasteiger partial charge in [-0.15, -0.1) is 0 Å². The molecule has 1 saturated carbocycles. The highest BCUT2D eigenvalue weighted by Crippen LogP contribution is 2.48. The molecular formula is C24H24N2O3. The van der Waals surface area contributed by atoms with Crippen LogP contribution in [0, 0.1) is 18.8 Å². The molecule has 0 radical (unpaired) electrons. The molecule has 0 N–H and O–H groups in total. The fraction of sp³-hybridized carbons (Fsp3) is 0.375. The number of aromatic nitrogens is 1. The van der Waals surface area contributed by atoms with Gasteiger partial charge in [-0.25, -0.2) is 4.98 Å². The first kappa shape index (κ1) is 18.1. The van der Waals surface area contributed by atoms with E-state index < -0.39 is 6.04 Å². The average molecular weight is 388 g/mol. The number of ketones is 1. The molecule has 3 heterocycles. The number of amides is 1. The van der Waals surface area contributed by atoms with Crippen LogP contribution in [0.5, 0.6) is 0 Å². The molecule has 1 fully saturated rings. The third-order valence-corrected chi connectivity index (χ3v) is 6.40. The van der Waals surface area contributed by atoms with Gasteiger partial charge in [0.05, 0.1) is 17.5 Å². The molecular weight excluding hydrogens is 364 g/mol. The summed E-state index contributed by atoms with van der Waals surface area (Å²) in [5, 5.41) is 0. The molecule has 4 unspecified atom stereocenters. The van der Waals surface area contributed by atoms with Crippen LogP contribution in [0.1, 0.15) is 43.4 Å². The zero-order chi connectivity index (χ0) is 20.1. The van der Waals surface area contributed by atoms with Gasteiger partial charge in [0.2, 0.25) is 0 Å². The lowest BCUT2D eigenvalue weighted by Crippen LogP contribution is -2.41. The first-order valence-corrected chi connectivity index (χ1v) is 10.3. The van der Waals surface area contributed by atoms with Crippen molar-refractivity contribution in [3.8, 4) is 0 Å². The zero-order valence-corrected chi connectivity index (χ0v) is 16.7. The van der Waals surface area contributed by atoms with Crippen molar-refractivity contribution < 1.29 is 14.3 Å². The van der Waals surface area contributed by atoms with Crippen LogP contribution in [0.2, 0.25) is 0 Å². The monoisotopic (exact) mass is 388 g/mol. The van der Waals surface area contributed by atoms with Crippen LogP contribution < -0.4 is 4.90 Å². The van der Waals surface area contributed by atoms with Crippen molar-refractivity contribution in [3.05, 3.63) is 71.1 Å². The first-order chi connectivity index (χ1) is 14.0. The number of pyridine rings is 1. The molecule has 5 heteroatoms. The Bertz CT molecular complexity index is 997. The van der Waals surface area contributed by atoms with Crippen LogP contribution in [0.15, 0.2) is 60.0 Å². The number of benzene rings is 1. The molecule has 1 amide bonds. The molecule has 3 aliphatic rings. The van der Waals surface area contributed by atoms with Crippen LogP contribution in [0.3, 0.4) is 0 Å². The van der Waals surface area contributed by atoms with Gasteiger partial charge < -0.3 is 4.74 Å². The normalized spacial score (nSPS) is 28.8. The lowest BCUT2D eigenvalue weighted by Gasteiger charge is -2.37. The number of aryl methyl sites for hydroxylation is 1. The minimum absolute atomic E-state index is 0.0696. The number of hydrogen-bond acceptors (Lipinski definition) is 4. The summed E-state index contributed by atoms with van der Waals surface area (Å²) in [5.41, 5.74) is 2.53. The summed E-state index contributed by atoms with van der Waals surface area (Å²) >= 11 is 0. The standard InChI is InChI=1S/C24H24N2O3/c1-14-6-9-16(10-7-14)21-20-22(27)17-13-15(2)8-11-18(17)29-23(20)24(28)26(21)19-5-3-4-12-25-19/h3-7,9-10,12,15,17-18,21H,8,11,13H2,1-2H3. The summed E-state index contributed by atoms with van der Waals surface area (Å²) in [5.74, 6) is 0.886. The summed E-state index contributed by atoms with van der Waals surface area (Å²) in [6.07, 6.45) is 4.13. The van der Waals surface area contributed by atoms with Gasteiger partial charge >= 0.3 is 0 Å². The van der Waals surface area contributed by atoms with Crippen LogP contribution >= 0.6 is 0 Å². The number of anilines is 1. The Morgan fingerprint density at radius 3 is 2.59 bits per heavy atom. The number of carbonyl (C=O) groups is 2. The summed E-state index contributed by atoms with van der Waals surface area (Å²) in [6.45, 7) is 4.21. The van der Waals surface area contributed by atoms with Crippen LogP contribution in [0.25, 0.3) is 0 Å². The molecule has 2 aliphatic heterocycles. The van der Waals surface area contributed by atoms with Gasteiger partial charge in [0.1, 0.15) is 11.9 Å². The van der Waals surface area contributed by atoms with E-state index in [1.54, 1.807) is 17.2 Å². The summed E-state index contributed by atoms with van der Waals surface area (Å²) in [7, 11) is 0. The second-order valence-corrected chi connectivity index (χ2v) is 8.46. The Labute approximate surface area is 170 Å². The number of Topliss-reactive ketones (excluding diaryl/α,β-unsaturated/α-hetero) is 1. The Morgan fingerprint density at radius 2 is 1.86 bits per heavy atom. The van der Waals surface area contributed by atoms with Crippen LogP contribution in [0.4, 0.5) is 5.82 Å². The van der Waals surface area contributed by atoms with Gasteiger partial charge in [-0.1, -0.05) is 42.8 Å². The first-order valence-electron chi connectivity index (χ1n) is 10.3. The maximum atomic E-state index is 13.6. The topological polar surface area (TPSA) is 59.5 Å². The van der Waals surface area contributed by atoms with E-state index in [2.05, 4.69) is 11.9 Å². The molecule has 2 aromatic rings. The predicted octanol–water partition coefficient (Wildman–Crippen LogP) is 4.14. The second-order valence-electron chi connectivity index (χ2n) is 8.46. The largest absolute Gasteiger partial charge is 0.483 e. The third-order valence-electron chi connectivity index (χ3n) is 6.40. The van der Waals surface area contributed by atoms with Crippen LogP contribution in [-0.2, 0) is 14.3 Å². The summed E-state index contributed by atoms with van der Waals surface area (Å²) in [6, 6.07) is 13.0. The molecule has 5 rings (SSSR count). The minimum atomic E-state index is -0.501. The molecule has 4 atom stereocenters. The smallest absolute Gasteiger partial charge is 0.295 e. The van der Waals surface area contributed by atoms with E-state index in [0.29, 0.717) is 17.3 Å². The van der Waals surface area contributed by atoms with E-state index in [1.807, 2.05) is 43.3 Å². The van der Waals surface area contributed by atoms with Crippen molar-refractivity contribution in [3.63, 3.8) is 0 Å². The van der Waals surface area contributed by atoms with Crippen molar-refractivity contribution >= 4 is 17.5 Å². The second kappa shape index (κ2) is 6.83. The third kappa shape index (κ3) is 2.87. The summed E-state index contributed by atoms with van der Waals surface area (Å²) in [4.78, 5) is 33.1. The van der Waals surface area contributed by atoms with Crippen molar-refractivity contribution in [1.82, 2.24) is 4.98 Å². The van der Waals surface area contributed by atoms with Crippen molar-refractivity contribution in [2.24, 2.45) is 11.8 Å². The minimum Gasteiger partial charge on any atom is -0.483 e. The number of ether oxygens (including phenoxy) is 1. The SMILES string of the molecule is Cc1ccc(C2C3=C(OC4CCC(C)CC4C3=O)C(=O)N2c2ccccn2)cc1. The quantitative estimate of drug-likeness (QED) is 0.776. The van der Waals surface area contributed by atoms with Gasteiger partial charge in [0, 0.05) is 6.20 Å².